The summed E-state index contributed by atoms with van der Waals surface area (Å²) in [6.45, 7) is 5.30. The van der Waals surface area contributed by atoms with Crippen LogP contribution in [0.2, 0.25) is 0 Å². The van der Waals surface area contributed by atoms with Crippen molar-refractivity contribution in [1.29, 1.82) is 0 Å². The summed E-state index contributed by atoms with van der Waals surface area (Å²) in [5.74, 6) is 0. The maximum atomic E-state index is 9.47. The summed E-state index contributed by atoms with van der Waals surface area (Å²) in [5, 5.41) is 9.47. The van der Waals surface area contributed by atoms with Gasteiger partial charge in [-0.25, -0.2) is 0 Å². The SMILES string of the molecule is Cc1ccc(C)c(C(N)C2(CO)COC2)c1. The lowest BCUT2D eigenvalue weighted by Gasteiger charge is -2.44. The van der Waals surface area contributed by atoms with Crippen molar-refractivity contribution in [2.45, 2.75) is 19.9 Å². The van der Waals surface area contributed by atoms with Crippen LogP contribution < -0.4 is 5.73 Å². The molecule has 0 aromatic heterocycles. The Kier molecular flexibility index (Phi) is 3.02. The first-order valence-electron chi connectivity index (χ1n) is 5.60. The number of aliphatic hydroxyl groups excluding tert-OH is 1. The monoisotopic (exact) mass is 221 g/mol. The molecule has 1 atom stereocenters. The Labute approximate surface area is 96.2 Å². The highest BCUT2D eigenvalue weighted by molar-refractivity contribution is 5.34. The molecule has 2 rings (SSSR count). The highest BCUT2D eigenvalue weighted by atomic mass is 16.5. The van der Waals surface area contributed by atoms with Crippen LogP contribution >= 0.6 is 0 Å². The molecule has 3 nitrogen and oxygen atoms in total. The van der Waals surface area contributed by atoms with Gasteiger partial charge in [0.1, 0.15) is 0 Å². The standard InChI is InChI=1S/C13H19NO2/c1-9-3-4-10(2)11(5-9)12(14)13(6-15)7-16-8-13/h3-5,12,15H,6-8,14H2,1-2H3. The molecule has 1 saturated heterocycles. The van der Waals surface area contributed by atoms with E-state index < -0.39 is 0 Å². The molecule has 0 saturated carbocycles. The van der Waals surface area contributed by atoms with E-state index in [1.807, 2.05) is 0 Å². The fourth-order valence-electron chi connectivity index (χ4n) is 2.16. The Morgan fingerprint density at radius 1 is 1.44 bits per heavy atom. The predicted molar refractivity (Wildman–Crippen MR) is 63.2 cm³/mol. The molecule has 1 unspecified atom stereocenters. The minimum Gasteiger partial charge on any atom is -0.396 e. The van der Waals surface area contributed by atoms with Crippen molar-refractivity contribution in [2.75, 3.05) is 19.8 Å². The van der Waals surface area contributed by atoms with Crippen molar-refractivity contribution >= 4 is 0 Å². The summed E-state index contributed by atoms with van der Waals surface area (Å²) >= 11 is 0. The molecule has 3 N–H and O–H groups in total. The van der Waals surface area contributed by atoms with E-state index in [2.05, 4.69) is 32.0 Å². The quantitative estimate of drug-likeness (QED) is 0.809. The number of nitrogens with two attached hydrogens (primary N) is 1. The van der Waals surface area contributed by atoms with Crippen molar-refractivity contribution in [1.82, 2.24) is 0 Å². The van der Waals surface area contributed by atoms with E-state index in [0.29, 0.717) is 13.2 Å². The van der Waals surface area contributed by atoms with E-state index in [1.165, 1.54) is 11.1 Å². The van der Waals surface area contributed by atoms with Crippen LogP contribution in [-0.4, -0.2) is 24.9 Å². The third-order valence-corrected chi connectivity index (χ3v) is 3.52. The fraction of sp³-hybridized carbons (Fsp3) is 0.538. The first-order chi connectivity index (χ1) is 7.59. The second-order valence-electron chi connectivity index (χ2n) is 4.85. The number of hydrogen-bond donors (Lipinski definition) is 2. The van der Waals surface area contributed by atoms with E-state index in [9.17, 15) is 5.11 Å². The largest absolute Gasteiger partial charge is 0.396 e. The second-order valence-corrected chi connectivity index (χ2v) is 4.85. The lowest BCUT2D eigenvalue weighted by Crippen LogP contribution is -2.53. The van der Waals surface area contributed by atoms with E-state index in [1.54, 1.807) is 0 Å². The minimum absolute atomic E-state index is 0.0849. The number of rotatable bonds is 3. The van der Waals surface area contributed by atoms with Gasteiger partial charge in [-0.1, -0.05) is 23.8 Å². The molecule has 1 aliphatic rings. The number of ether oxygens (including phenoxy) is 1. The van der Waals surface area contributed by atoms with Crippen molar-refractivity contribution < 1.29 is 9.84 Å². The van der Waals surface area contributed by atoms with Crippen LogP contribution in [-0.2, 0) is 4.74 Å². The Morgan fingerprint density at radius 3 is 2.62 bits per heavy atom. The van der Waals surface area contributed by atoms with Gasteiger partial charge >= 0.3 is 0 Å². The van der Waals surface area contributed by atoms with E-state index in [-0.39, 0.29) is 18.1 Å². The van der Waals surface area contributed by atoms with E-state index in [4.69, 9.17) is 10.5 Å². The summed E-state index contributed by atoms with van der Waals surface area (Å²) in [6.07, 6.45) is 0. The molecule has 1 heterocycles. The van der Waals surface area contributed by atoms with Crippen LogP contribution in [0.4, 0.5) is 0 Å². The minimum atomic E-state index is -0.279. The zero-order chi connectivity index (χ0) is 11.8. The van der Waals surface area contributed by atoms with Gasteiger partial charge < -0.3 is 15.6 Å². The van der Waals surface area contributed by atoms with E-state index >= 15 is 0 Å². The van der Waals surface area contributed by atoms with Gasteiger partial charge in [-0.2, -0.15) is 0 Å². The molecule has 1 aromatic rings. The summed E-state index contributed by atoms with van der Waals surface area (Å²) in [7, 11) is 0. The summed E-state index contributed by atoms with van der Waals surface area (Å²) in [5.41, 5.74) is 9.50. The molecule has 0 aliphatic carbocycles. The summed E-state index contributed by atoms with van der Waals surface area (Å²) in [6, 6.07) is 6.12. The molecule has 0 spiro atoms. The van der Waals surface area contributed by atoms with Crippen molar-refractivity contribution in [2.24, 2.45) is 11.1 Å². The first kappa shape index (κ1) is 11.6. The maximum Gasteiger partial charge on any atom is 0.0594 e. The van der Waals surface area contributed by atoms with Gasteiger partial charge in [0.25, 0.3) is 0 Å². The van der Waals surface area contributed by atoms with Gasteiger partial charge in [-0.15, -0.1) is 0 Å². The van der Waals surface area contributed by atoms with Crippen LogP contribution in [0.15, 0.2) is 18.2 Å². The Balaban J connectivity index is 2.32. The van der Waals surface area contributed by atoms with Gasteiger partial charge in [-0.05, 0) is 25.0 Å². The van der Waals surface area contributed by atoms with Crippen LogP contribution in [0, 0.1) is 19.3 Å². The molecular weight excluding hydrogens is 202 g/mol. The molecule has 16 heavy (non-hydrogen) atoms. The highest BCUT2D eigenvalue weighted by Crippen LogP contribution is 2.39. The Morgan fingerprint density at radius 2 is 2.12 bits per heavy atom. The molecule has 1 fully saturated rings. The molecule has 3 heteroatoms. The van der Waals surface area contributed by atoms with Crippen LogP contribution in [0.25, 0.3) is 0 Å². The molecule has 0 radical (unpaired) electrons. The maximum absolute atomic E-state index is 9.47. The van der Waals surface area contributed by atoms with E-state index in [0.717, 1.165) is 5.56 Å². The third kappa shape index (κ3) is 1.75. The zero-order valence-corrected chi connectivity index (χ0v) is 9.86. The average Bonchev–Trinajstić information content (AvgIpc) is 2.21. The predicted octanol–water partition coefficient (Wildman–Crippen LogP) is 1.31. The van der Waals surface area contributed by atoms with Gasteiger partial charge in [0.05, 0.1) is 25.2 Å². The van der Waals surface area contributed by atoms with Crippen molar-refractivity contribution in [3.8, 4) is 0 Å². The van der Waals surface area contributed by atoms with Gasteiger partial charge in [-0.3, -0.25) is 0 Å². The zero-order valence-electron chi connectivity index (χ0n) is 9.86. The smallest absolute Gasteiger partial charge is 0.0594 e. The first-order valence-corrected chi connectivity index (χ1v) is 5.60. The van der Waals surface area contributed by atoms with Crippen LogP contribution in [0.5, 0.6) is 0 Å². The fourth-order valence-corrected chi connectivity index (χ4v) is 2.16. The average molecular weight is 221 g/mol. The topological polar surface area (TPSA) is 55.5 Å². The van der Waals surface area contributed by atoms with Crippen LogP contribution in [0.1, 0.15) is 22.7 Å². The Hall–Kier alpha value is -0.900. The van der Waals surface area contributed by atoms with Crippen molar-refractivity contribution in [3.63, 3.8) is 0 Å². The van der Waals surface area contributed by atoms with Crippen LogP contribution in [0.3, 0.4) is 0 Å². The number of aliphatic hydroxyl groups is 1. The molecule has 88 valence electrons. The molecule has 0 amide bonds. The second kappa shape index (κ2) is 4.17. The molecule has 1 aromatic carbocycles. The Bertz CT molecular complexity index is 380. The molecule has 0 bridgehead atoms. The summed E-state index contributed by atoms with van der Waals surface area (Å²) in [4.78, 5) is 0. The normalized spacial score (nSPS) is 20.2. The molecular formula is C13H19NO2. The number of benzene rings is 1. The lowest BCUT2D eigenvalue weighted by molar-refractivity contribution is -0.150. The summed E-state index contributed by atoms with van der Waals surface area (Å²) < 4.78 is 5.20. The van der Waals surface area contributed by atoms with Gasteiger partial charge in [0.2, 0.25) is 0 Å². The third-order valence-electron chi connectivity index (χ3n) is 3.52. The van der Waals surface area contributed by atoms with Gasteiger partial charge in [0.15, 0.2) is 0 Å². The number of hydrogen-bond acceptors (Lipinski definition) is 3. The number of aryl methyl sites for hydroxylation is 2. The lowest BCUT2D eigenvalue weighted by atomic mass is 9.75. The van der Waals surface area contributed by atoms with Crippen molar-refractivity contribution in [3.05, 3.63) is 34.9 Å². The highest BCUT2D eigenvalue weighted by Gasteiger charge is 2.44. The van der Waals surface area contributed by atoms with Gasteiger partial charge in [0, 0.05) is 6.04 Å². The molecule has 1 aliphatic heterocycles.